The number of ketones is 1. The predicted octanol–water partition coefficient (Wildman–Crippen LogP) is 0.0100. The fourth-order valence-electron chi connectivity index (χ4n) is 1.31. The van der Waals surface area contributed by atoms with Crippen LogP contribution in [-0.2, 0) is 16.1 Å². The fraction of sp³-hybridized carbons (Fsp3) is 0. The van der Waals surface area contributed by atoms with Gasteiger partial charge in [0.25, 0.3) is 5.78 Å². The fourth-order valence-corrected chi connectivity index (χ4v) is 1.85. The number of carbonyl (C=O) groups excluding carboxylic acids is 2. The maximum absolute atomic E-state index is 11.2. The molecule has 0 N–H and O–H groups in total. The minimum Gasteiger partial charge on any atom is -0.755 e. The predicted molar refractivity (Wildman–Crippen MR) is 47.2 cm³/mol. The van der Waals surface area contributed by atoms with Gasteiger partial charge in [-0.05, 0) is 12.1 Å². The van der Waals surface area contributed by atoms with Gasteiger partial charge >= 0.3 is 5.91 Å². The summed E-state index contributed by atoms with van der Waals surface area (Å²) in [5.41, 5.74) is 0.248. The number of hydrogen-bond acceptors (Lipinski definition) is 4. The highest BCUT2D eigenvalue weighted by Gasteiger charge is 2.36. The van der Waals surface area contributed by atoms with E-state index in [0.717, 1.165) is 0 Å². The lowest BCUT2D eigenvalue weighted by Crippen LogP contribution is -2.31. The number of nitrogens with zero attached hydrogens (tertiary/aromatic N) is 1. The molecule has 1 aromatic carbocycles. The van der Waals surface area contributed by atoms with E-state index in [4.69, 9.17) is 0 Å². The van der Waals surface area contributed by atoms with Gasteiger partial charge in [0.15, 0.2) is 0 Å². The topological polar surface area (TPSA) is 77.5 Å². The van der Waals surface area contributed by atoms with Gasteiger partial charge in [-0.15, -0.1) is 0 Å². The molecule has 1 heterocycles. The molecule has 0 aliphatic carbocycles. The van der Waals surface area contributed by atoms with Gasteiger partial charge in [-0.25, -0.2) is 4.31 Å². The molecule has 0 saturated carbocycles. The SMILES string of the molecule is O=C1C(=O)N(S(=O)[O-])c2ccccc21. The van der Waals surface area contributed by atoms with Gasteiger partial charge in [0.1, 0.15) is 0 Å². The van der Waals surface area contributed by atoms with Crippen molar-refractivity contribution < 1.29 is 18.4 Å². The van der Waals surface area contributed by atoms with Crippen molar-refractivity contribution in [3.05, 3.63) is 29.8 Å². The number of carbonyl (C=O) groups is 2. The molecule has 0 aromatic heterocycles. The van der Waals surface area contributed by atoms with Gasteiger partial charge in [-0.1, -0.05) is 12.1 Å². The minimum absolute atomic E-state index is 0.121. The normalized spacial score (nSPS) is 17.1. The third-order valence-electron chi connectivity index (χ3n) is 1.90. The van der Waals surface area contributed by atoms with Crippen LogP contribution in [0.3, 0.4) is 0 Å². The van der Waals surface area contributed by atoms with Gasteiger partial charge < -0.3 is 4.55 Å². The number of hydrogen-bond donors (Lipinski definition) is 0. The molecule has 6 heteroatoms. The van der Waals surface area contributed by atoms with Crippen molar-refractivity contribution in [2.24, 2.45) is 0 Å². The summed E-state index contributed by atoms with van der Waals surface area (Å²) in [7, 11) is 0. The Kier molecular flexibility index (Phi) is 1.94. The number of Topliss-reactive ketones (excluding diaryl/α,β-unsaturated/α-hetero) is 1. The van der Waals surface area contributed by atoms with Crippen LogP contribution in [0.5, 0.6) is 0 Å². The van der Waals surface area contributed by atoms with Gasteiger partial charge in [0, 0.05) is 0 Å². The zero-order valence-electron chi connectivity index (χ0n) is 6.80. The Morgan fingerprint density at radius 1 is 1.21 bits per heavy atom. The molecule has 1 amide bonds. The highest BCUT2D eigenvalue weighted by Crippen LogP contribution is 2.28. The van der Waals surface area contributed by atoms with E-state index in [2.05, 4.69) is 0 Å². The van der Waals surface area contributed by atoms with E-state index >= 15 is 0 Å². The first-order valence-electron chi connectivity index (χ1n) is 3.70. The van der Waals surface area contributed by atoms with Crippen molar-refractivity contribution in [1.82, 2.24) is 0 Å². The van der Waals surface area contributed by atoms with Crippen LogP contribution in [0.2, 0.25) is 0 Å². The largest absolute Gasteiger partial charge is 0.755 e. The summed E-state index contributed by atoms with van der Waals surface area (Å²) in [5, 5.41) is 0. The van der Waals surface area contributed by atoms with E-state index in [9.17, 15) is 18.4 Å². The molecule has 1 aromatic rings. The molecular formula is C8H4NO4S-. The van der Waals surface area contributed by atoms with Crippen LogP contribution < -0.4 is 4.31 Å². The van der Waals surface area contributed by atoms with E-state index in [-0.39, 0.29) is 11.3 Å². The average molecular weight is 210 g/mol. The number of benzene rings is 1. The second kappa shape index (κ2) is 3.00. The number of fused-ring (bicyclic) bond motifs is 1. The van der Waals surface area contributed by atoms with E-state index in [1.165, 1.54) is 12.1 Å². The van der Waals surface area contributed by atoms with Gasteiger partial charge in [0.05, 0.1) is 22.5 Å². The molecule has 2 rings (SSSR count). The van der Waals surface area contributed by atoms with Crippen LogP contribution in [0.25, 0.3) is 0 Å². The summed E-state index contributed by atoms with van der Waals surface area (Å²) >= 11 is -2.74. The van der Waals surface area contributed by atoms with Crippen LogP contribution in [0.15, 0.2) is 24.3 Å². The van der Waals surface area contributed by atoms with Gasteiger partial charge in [-0.3, -0.25) is 13.8 Å². The summed E-state index contributed by atoms with van der Waals surface area (Å²) in [5.74, 6) is -1.82. The maximum atomic E-state index is 11.2. The van der Waals surface area contributed by atoms with Crippen LogP contribution >= 0.6 is 0 Å². The summed E-state index contributed by atoms with van der Waals surface area (Å²) in [6.45, 7) is 0. The second-order valence-electron chi connectivity index (χ2n) is 2.66. The molecule has 5 nitrogen and oxygen atoms in total. The zero-order valence-corrected chi connectivity index (χ0v) is 7.61. The summed E-state index contributed by atoms with van der Waals surface area (Å²) < 4.78 is 21.8. The molecule has 1 aliphatic heterocycles. The van der Waals surface area contributed by atoms with Gasteiger partial charge in [-0.2, -0.15) is 0 Å². The summed E-state index contributed by atoms with van der Waals surface area (Å²) in [6.07, 6.45) is 0. The van der Waals surface area contributed by atoms with Crippen molar-refractivity contribution in [2.75, 3.05) is 4.31 Å². The smallest absolute Gasteiger partial charge is 0.310 e. The van der Waals surface area contributed by atoms with Crippen molar-refractivity contribution in [3.63, 3.8) is 0 Å². The Morgan fingerprint density at radius 3 is 2.50 bits per heavy atom. The number of anilines is 1. The van der Waals surface area contributed by atoms with Crippen LogP contribution in [0.1, 0.15) is 10.4 Å². The Bertz CT molecular complexity index is 456. The standard InChI is InChI=1S/C8H5NO4S/c10-7-5-3-1-2-4-6(5)9(8(7)11)14(12)13/h1-4H,(H,12,13)/p-1. The first-order chi connectivity index (χ1) is 6.63. The Balaban J connectivity index is 2.64. The molecule has 0 spiro atoms. The number of rotatable bonds is 1. The summed E-state index contributed by atoms with van der Waals surface area (Å²) in [4.78, 5) is 22.4. The third kappa shape index (κ3) is 1.08. The molecule has 1 atom stereocenters. The Hall–Kier alpha value is -1.53. The summed E-state index contributed by atoms with van der Waals surface area (Å²) in [6, 6.07) is 5.96. The first-order valence-corrected chi connectivity index (χ1v) is 4.73. The molecule has 1 aliphatic rings. The molecule has 14 heavy (non-hydrogen) atoms. The van der Waals surface area contributed by atoms with E-state index in [0.29, 0.717) is 4.31 Å². The third-order valence-corrected chi connectivity index (χ3v) is 2.56. The molecule has 0 radical (unpaired) electrons. The van der Waals surface area contributed by atoms with Crippen LogP contribution in [0.4, 0.5) is 5.69 Å². The van der Waals surface area contributed by atoms with Crippen molar-refractivity contribution >= 4 is 28.6 Å². The molecule has 0 fully saturated rings. The lowest BCUT2D eigenvalue weighted by Gasteiger charge is -2.17. The molecular weight excluding hydrogens is 206 g/mol. The second-order valence-corrected chi connectivity index (χ2v) is 3.46. The van der Waals surface area contributed by atoms with E-state index in [1.54, 1.807) is 12.1 Å². The highest BCUT2D eigenvalue weighted by molar-refractivity contribution is 7.81. The molecule has 72 valence electrons. The zero-order chi connectivity index (χ0) is 10.3. The van der Waals surface area contributed by atoms with Crippen LogP contribution in [0, 0.1) is 0 Å². The maximum Gasteiger partial charge on any atom is 0.310 e. The quantitative estimate of drug-likeness (QED) is 0.483. The number of para-hydroxylation sites is 1. The number of amides is 1. The highest BCUT2D eigenvalue weighted by atomic mass is 32.2. The lowest BCUT2D eigenvalue weighted by atomic mass is 10.1. The first kappa shape index (κ1) is 9.04. The van der Waals surface area contributed by atoms with Crippen LogP contribution in [-0.4, -0.2) is 20.5 Å². The Morgan fingerprint density at radius 2 is 1.86 bits per heavy atom. The molecule has 0 saturated heterocycles. The average Bonchev–Trinajstić information content (AvgIpc) is 2.41. The van der Waals surface area contributed by atoms with E-state index in [1.807, 2.05) is 0 Å². The van der Waals surface area contributed by atoms with Crippen molar-refractivity contribution in [1.29, 1.82) is 0 Å². The van der Waals surface area contributed by atoms with Gasteiger partial charge in [0.2, 0.25) is 0 Å². The van der Waals surface area contributed by atoms with E-state index < -0.39 is 23.0 Å². The van der Waals surface area contributed by atoms with Crippen molar-refractivity contribution in [3.8, 4) is 0 Å². The minimum atomic E-state index is -2.74. The lowest BCUT2D eigenvalue weighted by molar-refractivity contribution is -0.113. The monoisotopic (exact) mass is 210 g/mol. The molecule has 0 bridgehead atoms. The molecule has 1 unspecified atom stereocenters. The Labute approximate surface area is 81.8 Å². The van der Waals surface area contributed by atoms with Crippen molar-refractivity contribution in [2.45, 2.75) is 0 Å².